The molecule has 24 heavy (non-hydrogen) atoms. The first-order valence-electron chi connectivity index (χ1n) is 6.70. The van der Waals surface area contributed by atoms with Crippen LogP contribution in [0.15, 0.2) is 58.6 Å². The number of halogens is 2. The van der Waals surface area contributed by atoms with Gasteiger partial charge in [0.2, 0.25) is 11.9 Å². The number of carboxylic acid groups (broad SMARTS) is 1. The van der Waals surface area contributed by atoms with Crippen molar-refractivity contribution < 1.29 is 18.7 Å². The molecule has 0 saturated heterocycles. The van der Waals surface area contributed by atoms with E-state index in [9.17, 15) is 13.6 Å². The summed E-state index contributed by atoms with van der Waals surface area (Å²) in [5.74, 6) is -2.98. The second kappa shape index (κ2) is 6.71. The Morgan fingerprint density at radius 2 is 1.62 bits per heavy atom. The van der Waals surface area contributed by atoms with E-state index in [1.165, 1.54) is 12.1 Å². The third-order valence-corrected chi connectivity index (χ3v) is 3.84. The molecule has 0 saturated carbocycles. The Morgan fingerprint density at radius 1 is 0.917 bits per heavy atom. The molecule has 0 spiro atoms. The topological polar surface area (TPSA) is 76.0 Å². The van der Waals surface area contributed by atoms with Crippen LogP contribution >= 0.6 is 11.8 Å². The Bertz CT molecular complexity index is 921. The largest absolute Gasteiger partial charge is 0.477 e. The lowest BCUT2D eigenvalue weighted by Crippen LogP contribution is -2.00. The van der Waals surface area contributed by atoms with Crippen molar-refractivity contribution in [2.45, 2.75) is 10.1 Å². The van der Waals surface area contributed by atoms with Gasteiger partial charge in [-0.15, -0.1) is 0 Å². The molecule has 8 heteroatoms. The molecular weight excluding hydrogens is 336 g/mol. The normalized spacial score (nSPS) is 10.6. The predicted octanol–water partition coefficient (Wildman–Crippen LogP) is 3.67. The Balaban J connectivity index is 1.91. The summed E-state index contributed by atoms with van der Waals surface area (Å²) in [6, 6.07) is 11.8. The minimum Gasteiger partial charge on any atom is -0.477 e. The zero-order valence-electron chi connectivity index (χ0n) is 12.0. The van der Waals surface area contributed by atoms with Gasteiger partial charge in [-0.05, 0) is 36.4 Å². The quantitative estimate of drug-likeness (QED) is 0.727. The van der Waals surface area contributed by atoms with E-state index in [0.717, 1.165) is 17.8 Å². The molecular formula is C16H9F2N3O2S. The minimum absolute atomic E-state index is 0.0751. The Kier molecular flexibility index (Phi) is 4.48. The fourth-order valence-corrected chi connectivity index (χ4v) is 2.72. The molecule has 5 nitrogen and oxygen atoms in total. The minimum atomic E-state index is -1.13. The highest BCUT2D eigenvalue weighted by Gasteiger charge is 2.11. The second-order valence-electron chi connectivity index (χ2n) is 4.60. The molecule has 120 valence electrons. The van der Waals surface area contributed by atoms with Gasteiger partial charge in [0.05, 0.1) is 11.3 Å². The summed E-state index contributed by atoms with van der Waals surface area (Å²) in [7, 11) is 0. The number of hydrogen-bond donors (Lipinski definition) is 1. The Morgan fingerprint density at radius 3 is 2.33 bits per heavy atom. The summed E-state index contributed by atoms with van der Waals surface area (Å²) in [6.07, 6.45) is 0. The van der Waals surface area contributed by atoms with E-state index in [0.29, 0.717) is 15.7 Å². The van der Waals surface area contributed by atoms with Crippen LogP contribution < -0.4 is 0 Å². The molecule has 0 aliphatic carbocycles. The van der Waals surface area contributed by atoms with Gasteiger partial charge in [0.1, 0.15) is 15.7 Å². The van der Waals surface area contributed by atoms with E-state index in [-0.39, 0.29) is 11.3 Å². The van der Waals surface area contributed by atoms with Crippen LogP contribution in [-0.2, 0) is 0 Å². The van der Waals surface area contributed by atoms with Gasteiger partial charge in [-0.2, -0.15) is 13.8 Å². The van der Waals surface area contributed by atoms with Crippen molar-refractivity contribution in [2.75, 3.05) is 0 Å². The van der Waals surface area contributed by atoms with Gasteiger partial charge >= 0.3 is 5.97 Å². The standard InChI is InChI=1S/C16H9F2N3O2S/c17-12-8-7-9(15(18)21-12)10-3-1-5-13(19-10)24-14-6-2-4-11(20-14)16(22)23/h1-8H,(H,22,23). The Hall–Kier alpha value is -2.87. The van der Waals surface area contributed by atoms with Crippen molar-refractivity contribution in [3.63, 3.8) is 0 Å². The summed E-state index contributed by atoms with van der Waals surface area (Å²) in [5, 5.41) is 9.89. The van der Waals surface area contributed by atoms with Crippen molar-refractivity contribution >= 4 is 17.7 Å². The fourth-order valence-electron chi connectivity index (χ4n) is 1.92. The number of carboxylic acids is 1. The van der Waals surface area contributed by atoms with E-state index in [2.05, 4.69) is 15.0 Å². The van der Waals surface area contributed by atoms with Gasteiger partial charge in [-0.3, -0.25) is 0 Å². The van der Waals surface area contributed by atoms with Crippen LogP contribution in [-0.4, -0.2) is 26.0 Å². The van der Waals surface area contributed by atoms with Crippen LogP contribution in [0.5, 0.6) is 0 Å². The molecule has 3 aromatic rings. The molecule has 0 amide bonds. The SMILES string of the molecule is O=C(O)c1cccc(Sc2cccc(-c3ccc(F)nc3F)n2)n1. The van der Waals surface area contributed by atoms with Crippen LogP contribution in [0, 0.1) is 11.9 Å². The molecule has 0 aromatic carbocycles. The number of hydrogen-bond acceptors (Lipinski definition) is 5. The van der Waals surface area contributed by atoms with Gasteiger partial charge in [-0.1, -0.05) is 23.9 Å². The molecule has 1 N–H and O–H groups in total. The zero-order valence-corrected chi connectivity index (χ0v) is 12.8. The maximum Gasteiger partial charge on any atom is 0.354 e. The monoisotopic (exact) mass is 345 g/mol. The van der Waals surface area contributed by atoms with Crippen LogP contribution in [0.1, 0.15) is 10.5 Å². The van der Waals surface area contributed by atoms with Crippen molar-refractivity contribution in [1.29, 1.82) is 0 Å². The number of nitrogens with zero attached hydrogens (tertiary/aromatic N) is 3. The lowest BCUT2D eigenvalue weighted by atomic mass is 10.2. The molecule has 3 aromatic heterocycles. The molecule has 3 rings (SSSR count). The number of rotatable bonds is 4. The third-order valence-electron chi connectivity index (χ3n) is 2.97. The van der Waals surface area contributed by atoms with Crippen molar-refractivity contribution in [3.05, 3.63) is 66.1 Å². The van der Waals surface area contributed by atoms with Crippen molar-refractivity contribution in [2.24, 2.45) is 0 Å². The van der Waals surface area contributed by atoms with Crippen molar-refractivity contribution in [3.8, 4) is 11.3 Å². The van der Waals surface area contributed by atoms with E-state index in [1.54, 1.807) is 30.3 Å². The number of pyridine rings is 3. The summed E-state index contributed by atoms with van der Waals surface area (Å²) < 4.78 is 26.7. The fraction of sp³-hybridized carbons (Fsp3) is 0. The van der Waals surface area contributed by atoms with E-state index >= 15 is 0 Å². The summed E-state index contributed by atoms with van der Waals surface area (Å²) in [5.41, 5.74) is 0.287. The number of aromatic nitrogens is 3. The maximum atomic E-state index is 13.8. The highest BCUT2D eigenvalue weighted by atomic mass is 32.2. The first kappa shape index (κ1) is 16.0. The first-order valence-corrected chi connectivity index (χ1v) is 7.52. The number of carbonyl (C=O) groups is 1. The van der Waals surface area contributed by atoms with Crippen LogP contribution in [0.2, 0.25) is 0 Å². The van der Waals surface area contributed by atoms with E-state index in [1.807, 2.05) is 0 Å². The number of aromatic carboxylic acids is 1. The van der Waals surface area contributed by atoms with Crippen LogP contribution in [0.25, 0.3) is 11.3 Å². The van der Waals surface area contributed by atoms with Gasteiger partial charge in [0.25, 0.3) is 0 Å². The smallest absolute Gasteiger partial charge is 0.354 e. The lowest BCUT2D eigenvalue weighted by molar-refractivity contribution is 0.0689. The summed E-state index contributed by atoms with van der Waals surface area (Å²) in [4.78, 5) is 22.3. The molecule has 0 aliphatic rings. The molecule has 0 bridgehead atoms. The van der Waals surface area contributed by atoms with E-state index in [4.69, 9.17) is 5.11 Å². The second-order valence-corrected chi connectivity index (χ2v) is 5.64. The highest BCUT2D eigenvalue weighted by molar-refractivity contribution is 7.99. The van der Waals surface area contributed by atoms with Gasteiger partial charge in [0, 0.05) is 0 Å². The zero-order chi connectivity index (χ0) is 17.1. The van der Waals surface area contributed by atoms with E-state index < -0.39 is 17.9 Å². The molecule has 0 radical (unpaired) electrons. The van der Waals surface area contributed by atoms with Crippen LogP contribution in [0.3, 0.4) is 0 Å². The first-order chi connectivity index (χ1) is 11.5. The van der Waals surface area contributed by atoms with Gasteiger partial charge < -0.3 is 5.11 Å². The van der Waals surface area contributed by atoms with Crippen LogP contribution in [0.4, 0.5) is 8.78 Å². The average molecular weight is 345 g/mol. The summed E-state index contributed by atoms with van der Waals surface area (Å²) >= 11 is 1.13. The molecule has 3 heterocycles. The molecule has 0 unspecified atom stereocenters. The predicted molar refractivity (Wildman–Crippen MR) is 82.7 cm³/mol. The van der Waals surface area contributed by atoms with Gasteiger partial charge in [0.15, 0.2) is 0 Å². The third kappa shape index (κ3) is 3.54. The summed E-state index contributed by atoms with van der Waals surface area (Å²) in [6.45, 7) is 0. The lowest BCUT2D eigenvalue weighted by Gasteiger charge is -2.05. The highest BCUT2D eigenvalue weighted by Crippen LogP contribution is 2.27. The van der Waals surface area contributed by atoms with Gasteiger partial charge in [-0.25, -0.2) is 14.8 Å². The Labute approximate surface area is 139 Å². The van der Waals surface area contributed by atoms with Crippen molar-refractivity contribution in [1.82, 2.24) is 15.0 Å². The maximum absolute atomic E-state index is 13.8. The average Bonchev–Trinajstić information content (AvgIpc) is 2.55. The molecule has 0 aliphatic heterocycles. The molecule has 0 atom stereocenters. The molecule has 0 fully saturated rings.